The van der Waals surface area contributed by atoms with Gasteiger partial charge in [-0.25, -0.2) is 0 Å². The van der Waals surface area contributed by atoms with Crippen molar-refractivity contribution in [1.82, 2.24) is 5.32 Å². The molecule has 1 fully saturated rings. The van der Waals surface area contributed by atoms with Crippen molar-refractivity contribution in [3.8, 4) is 0 Å². The van der Waals surface area contributed by atoms with Crippen LogP contribution in [0.1, 0.15) is 38.7 Å². The van der Waals surface area contributed by atoms with Crippen LogP contribution < -0.4 is 10.2 Å². The Labute approximate surface area is 122 Å². The molecule has 0 radical (unpaired) electrons. The van der Waals surface area contributed by atoms with E-state index in [1.807, 2.05) is 0 Å². The summed E-state index contributed by atoms with van der Waals surface area (Å²) in [6.45, 7) is 8.83. The highest BCUT2D eigenvalue weighted by Gasteiger charge is 2.25. The van der Waals surface area contributed by atoms with E-state index < -0.39 is 0 Å². The fourth-order valence-electron chi connectivity index (χ4n) is 2.85. The summed E-state index contributed by atoms with van der Waals surface area (Å²) in [7, 11) is 0. The molecule has 106 valence electrons. The smallest absolute Gasteiger partial charge is 0.0455 e. The van der Waals surface area contributed by atoms with E-state index >= 15 is 0 Å². The minimum atomic E-state index is 0.571. The maximum atomic E-state index is 6.24. The number of anilines is 1. The number of nitrogens with zero attached hydrogens (tertiary/aromatic N) is 1. The molecule has 0 bridgehead atoms. The predicted octanol–water partition coefficient (Wildman–Crippen LogP) is 4.01. The molecule has 1 saturated heterocycles. The Balaban J connectivity index is 2.01. The summed E-state index contributed by atoms with van der Waals surface area (Å²) in [5, 5.41) is 4.51. The van der Waals surface area contributed by atoms with Crippen LogP contribution in [0.4, 0.5) is 5.69 Å². The summed E-state index contributed by atoms with van der Waals surface area (Å²) in [6.07, 6.45) is 3.64. The quantitative estimate of drug-likeness (QED) is 0.897. The lowest BCUT2D eigenvalue weighted by atomic mass is 9.97. The summed E-state index contributed by atoms with van der Waals surface area (Å²) in [5.74, 6) is 0. The average Bonchev–Trinajstić information content (AvgIpc) is 2.40. The van der Waals surface area contributed by atoms with E-state index in [-0.39, 0.29) is 0 Å². The van der Waals surface area contributed by atoms with E-state index in [1.165, 1.54) is 24.9 Å². The number of nitrogens with one attached hydrogen (secondary N) is 1. The Kier molecular flexibility index (Phi) is 5.12. The van der Waals surface area contributed by atoms with E-state index in [2.05, 4.69) is 49.2 Å². The number of halogens is 1. The van der Waals surface area contributed by atoms with Gasteiger partial charge in [0, 0.05) is 29.3 Å². The summed E-state index contributed by atoms with van der Waals surface area (Å²) in [6, 6.07) is 7.66. The minimum absolute atomic E-state index is 0.571. The molecule has 0 amide bonds. The third-order valence-corrected chi connectivity index (χ3v) is 4.45. The highest BCUT2D eigenvalue weighted by Crippen LogP contribution is 2.28. The predicted molar refractivity (Wildman–Crippen MR) is 84.3 cm³/mol. The van der Waals surface area contributed by atoms with Gasteiger partial charge in [0.15, 0.2) is 0 Å². The zero-order valence-electron chi connectivity index (χ0n) is 12.2. The van der Waals surface area contributed by atoms with Gasteiger partial charge < -0.3 is 10.2 Å². The zero-order valence-corrected chi connectivity index (χ0v) is 13.0. The lowest BCUT2D eigenvalue weighted by Gasteiger charge is -2.39. The Hall–Kier alpha value is -0.730. The fourth-order valence-corrected chi connectivity index (χ4v) is 3.02. The summed E-state index contributed by atoms with van der Waals surface area (Å²) in [4.78, 5) is 2.48. The molecule has 3 heteroatoms. The molecule has 2 unspecified atom stereocenters. The van der Waals surface area contributed by atoms with Crippen molar-refractivity contribution in [2.45, 2.75) is 52.1 Å². The Bertz CT molecular complexity index is 419. The van der Waals surface area contributed by atoms with Gasteiger partial charge in [-0.05, 0) is 57.4 Å². The molecule has 2 nitrogen and oxygen atoms in total. The molecule has 2 atom stereocenters. The highest BCUT2D eigenvalue weighted by atomic mass is 35.5. The van der Waals surface area contributed by atoms with Crippen LogP contribution in [0.15, 0.2) is 18.2 Å². The van der Waals surface area contributed by atoms with Crippen LogP contribution in [0, 0.1) is 6.92 Å². The number of hydrogen-bond acceptors (Lipinski definition) is 2. The van der Waals surface area contributed by atoms with Crippen molar-refractivity contribution in [1.29, 1.82) is 0 Å². The second-order valence-corrected chi connectivity index (χ2v) is 6.06. The second kappa shape index (κ2) is 6.62. The maximum Gasteiger partial charge on any atom is 0.0455 e. The van der Waals surface area contributed by atoms with Gasteiger partial charge in [0.05, 0.1) is 0 Å². The molecule has 0 saturated carbocycles. The summed E-state index contributed by atoms with van der Waals surface area (Å²) >= 11 is 6.24. The van der Waals surface area contributed by atoms with E-state index in [4.69, 9.17) is 11.6 Å². The number of hydrogen-bond donors (Lipinski definition) is 1. The van der Waals surface area contributed by atoms with Gasteiger partial charge in [0.1, 0.15) is 0 Å². The largest absolute Gasteiger partial charge is 0.369 e. The number of aryl methyl sites for hydroxylation is 1. The summed E-state index contributed by atoms with van der Waals surface area (Å²) in [5.41, 5.74) is 2.41. The molecule has 2 rings (SSSR count). The minimum Gasteiger partial charge on any atom is -0.369 e. The molecule has 0 aromatic heterocycles. The van der Waals surface area contributed by atoms with Crippen molar-refractivity contribution in [2.24, 2.45) is 0 Å². The van der Waals surface area contributed by atoms with Crippen LogP contribution >= 0.6 is 11.6 Å². The van der Waals surface area contributed by atoms with Crippen LogP contribution in [-0.2, 0) is 0 Å². The number of rotatable bonds is 4. The molecular weight excluding hydrogens is 256 g/mol. The van der Waals surface area contributed by atoms with Crippen molar-refractivity contribution >= 4 is 17.3 Å². The van der Waals surface area contributed by atoms with Gasteiger partial charge >= 0.3 is 0 Å². The summed E-state index contributed by atoms with van der Waals surface area (Å²) < 4.78 is 0. The van der Waals surface area contributed by atoms with E-state index in [1.54, 1.807) is 0 Å². The Morgan fingerprint density at radius 3 is 2.84 bits per heavy atom. The van der Waals surface area contributed by atoms with Gasteiger partial charge in [-0.3, -0.25) is 0 Å². The normalized spacial score (nSPS) is 23.7. The first-order valence-electron chi connectivity index (χ1n) is 7.38. The molecule has 1 aliphatic rings. The molecular formula is C16H25ClN2. The fraction of sp³-hybridized carbons (Fsp3) is 0.625. The molecule has 0 aliphatic carbocycles. The van der Waals surface area contributed by atoms with Gasteiger partial charge in [0.2, 0.25) is 0 Å². The van der Waals surface area contributed by atoms with Gasteiger partial charge in [0.25, 0.3) is 0 Å². The SMILES string of the molecule is CCCNC1CCN(c2ccc(C)c(Cl)c2)C(C)C1. The standard InChI is InChI=1S/C16H25ClN2/c1-4-8-18-14-7-9-19(13(3)10-14)15-6-5-12(2)16(17)11-15/h5-6,11,13-14,18H,4,7-10H2,1-3H3. The Morgan fingerprint density at radius 2 is 2.21 bits per heavy atom. The first-order valence-corrected chi connectivity index (χ1v) is 7.75. The van der Waals surface area contributed by atoms with Crippen molar-refractivity contribution in [3.63, 3.8) is 0 Å². The highest BCUT2D eigenvalue weighted by molar-refractivity contribution is 6.31. The van der Waals surface area contributed by atoms with E-state index in [9.17, 15) is 0 Å². The first kappa shape index (κ1) is 14.7. The monoisotopic (exact) mass is 280 g/mol. The molecule has 1 N–H and O–H groups in total. The van der Waals surface area contributed by atoms with Crippen LogP contribution in [-0.4, -0.2) is 25.2 Å². The first-order chi connectivity index (χ1) is 9.11. The Morgan fingerprint density at radius 1 is 1.42 bits per heavy atom. The second-order valence-electron chi connectivity index (χ2n) is 5.65. The molecule has 0 spiro atoms. The molecule has 1 aromatic rings. The third kappa shape index (κ3) is 3.64. The molecule has 1 aromatic carbocycles. The maximum absolute atomic E-state index is 6.24. The van der Waals surface area contributed by atoms with Gasteiger partial charge in [-0.1, -0.05) is 24.6 Å². The molecule has 19 heavy (non-hydrogen) atoms. The van der Waals surface area contributed by atoms with E-state index in [0.717, 1.165) is 23.7 Å². The lowest BCUT2D eigenvalue weighted by Crippen LogP contribution is -2.47. The van der Waals surface area contributed by atoms with Gasteiger partial charge in [-0.15, -0.1) is 0 Å². The topological polar surface area (TPSA) is 15.3 Å². The van der Waals surface area contributed by atoms with Crippen molar-refractivity contribution in [3.05, 3.63) is 28.8 Å². The molecule has 1 aliphatic heterocycles. The number of piperidine rings is 1. The van der Waals surface area contributed by atoms with E-state index in [0.29, 0.717) is 12.1 Å². The average molecular weight is 281 g/mol. The van der Waals surface area contributed by atoms with Crippen LogP contribution in [0.5, 0.6) is 0 Å². The van der Waals surface area contributed by atoms with Crippen molar-refractivity contribution in [2.75, 3.05) is 18.0 Å². The van der Waals surface area contributed by atoms with Crippen molar-refractivity contribution < 1.29 is 0 Å². The lowest BCUT2D eigenvalue weighted by molar-refractivity contribution is 0.369. The zero-order chi connectivity index (χ0) is 13.8. The van der Waals surface area contributed by atoms with Gasteiger partial charge in [-0.2, -0.15) is 0 Å². The van der Waals surface area contributed by atoms with Crippen LogP contribution in [0.25, 0.3) is 0 Å². The number of benzene rings is 1. The molecule has 1 heterocycles. The van der Waals surface area contributed by atoms with Crippen LogP contribution in [0.3, 0.4) is 0 Å². The third-order valence-electron chi connectivity index (χ3n) is 4.05. The van der Waals surface area contributed by atoms with Crippen LogP contribution in [0.2, 0.25) is 5.02 Å².